The van der Waals surface area contributed by atoms with Crippen molar-refractivity contribution in [1.29, 1.82) is 0 Å². The highest BCUT2D eigenvalue weighted by Crippen LogP contribution is 2.32. The van der Waals surface area contributed by atoms with Gasteiger partial charge in [0.05, 0.1) is 0 Å². The molecule has 0 bridgehead atoms. The topological polar surface area (TPSA) is 36.4 Å². The van der Waals surface area contributed by atoms with Gasteiger partial charge in [0.25, 0.3) is 0 Å². The molecule has 1 N–H and O–H groups in total. The van der Waals surface area contributed by atoms with Crippen LogP contribution in [0.3, 0.4) is 0 Å². The van der Waals surface area contributed by atoms with E-state index in [4.69, 9.17) is 0 Å². The normalized spacial score (nSPS) is 15.0. The maximum atomic E-state index is 10.5. The van der Waals surface area contributed by atoms with Gasteiger partial charge in [0, 0.05) is 24.0 Å². The molecular weight excluding hydrogens is 296 g/mol. The van der Waals surface area contributed by atoms with Crippen molar-refractivity contribution in [3.05, 3.63) is 89.6 Å². The first-order chi connectivity index (χ1) is 11.8. The van der Waals surface area contributed by atoms with Crippen molar-refractivity contribution in [2.24, 2.45) is 0 Å². The Labute approximate surface area is 142 Å². The van der Waals surface area contributed by atoms with E-state index in [0.29, 0.717) is 0 Å². The molecule has 1 aliphatic rings. The van der Waals surface area contributed by atoms with Gasteiger partial charge in [-0.1, -0.05) is 54.6 Å². The molecule has 0 amide bonds. The van der Waals surface area contributed by atoms with Gasteiger partial charge in [-0.05, 0) is 36.1 Å². The van der Waals surface area contributed by atoms with Crippen LogP contribution in [-0.2, 0) is 6.42 Å². The van der Waals surface area contributed by atoms with E-state index < -0.39 is 6.10 Å². The fourth-order valence-corrected chi connectivity index (χ4v) is 3.32. The number of anilines is 2. The highest BCUT2D eigenvalue weighted by molar-refractivity contribution is 5.65. The molecule has 24 heavy (non-hydrogen) atoms. The quantitative estimate of drug-likeness (QED) is 0.785. The highest BCUT2D eigenvalue weighted by Gasteiger charge is 2.19. The van der Waals surface area contributed by atoms with E-state index in [1.165, 1.54) is 11.3 Å². The third-order valence-corrected chi connectivity index (χ3v) is 4.59. The number of nitrogens with zero attached hydrogens (tertiary/aromatic N) is 2. The average Bonchev–Trinajstić information content (AvgIpc) is 2.68. The van der Waals surface area contributed by atoms with Crippen LogP contribution in [0.2, 0.25) is 0 Å². The lowest BCUT2D eigenvalue weighted by molar-refractivity contribution is 0.220. The minimum Gasteiger partial charge on any atom is -0.384 e. The summed E-state index contributed by atoms with van der Waals surface area (Å²) in [4.78, 5) is 6.88. The van der Waals surface area contributed by atoms with Gasteiger partial charge in [-0.15, -0.1) is 0 Å². The highest BCUT2D eigenvalue weighted by atomic mass is 16.3. The standard InChI is InChI=1S/C21H20N2O/c24-21(17-8-2-1-3-9-17)18-12-13-20(22-15-18)23-14-6-10-16-7-4-5-11-19(16)23/h1-5,7-9,11-13,15,21,24H,6,10,14H2/t21-/m1/s1. The second kappa shape index (κ2) is 6.46. The lowest BCUT2D eigenvalue weighted by Crippen LogP contribution is -2.25. The number of aliphatic hydroxyl groups excluding tert-OH is 1. The molecular formula is C21H20N2O. The fraction of sp³-hybridized carbons (Fsp3) is 0.190. The van der Waals surface area contributed by atoms with Gasteiger partial charge in [0.15, 0.2) is 0 Å². The molecule has 0 radical (unpaired) electrons. The number of pyridine rings is 1. The Morgan fingerprint density at radius 3 is 2.46 bits per heavy atom. The summed E-state index contributed by atoms with van der Waals surface area (Å²) >= 11 is 0. The van der Waals surface area contributed by atoms with E-state index in [9.17, 15) is 5.11 Å². The first-order valence-electron chi connectivity index (χ1n) is 8.37. The summed E-state index contributed by atoms with van der Waals surface area (Å²) < 4.78 is 0. The Balaban J connectivity index is 1.61. The summed E-state index contributed by atoms with van der Waals surface area (Å²) in [5.41, 5.74) is 4.32. The maximum absolute atomic E-state index is 10.5. The van der Waals surface area contributed by atoms with E-state index >= 15 is 0 Å². The van der Waals surface area contributed by atoms with Crippen LogP contribution in [0, 0.1) is 0 Å². The van der Waals surface area contributed by atoms with Gasteiger partial charge in [0.1, 0.15) is 11.9 Å². The van der Waals surface area contributed by atoms with E-state index in [1.807, 2.05) is 42.5 Å². The van der Waals surface area contributed by atoms with Crippen LogP contribution in [-0.4, -0.2) is 16.6 Å². The molecule has 0 unspecified atom stereocenters. The maximum Gasteiger partial charge on any atom is 0.132 e. The Morgan fingerprint density at radius 1 is 0.875 bits per heavy atom. The van der Waals surface area contributed by atoms with Gasteiger partial charge in [-0.3, -0.25) is 0 Å². The fourth-order valence-electron chi connectivity index (χ4n) is 3.32. The van der Waals surface area contributed by atoms with Crippen molar-refractivity contribution < 1.29 is 5.11 Å². The molecule has 1 aromatic heterocycles. The Morgan fingerprint density at radius 2 is 1.67 bits per heavy atom. The Bertz CT molecular complexity index is 815. The summed E-state index contributed by atoms with van der Waals surface area (Å²) in [5, 5.41) is 10.5. The number of hydrogen-bond donors (Lipinski definition) is 1. The minimum atomic E-state index is -0.638. The predicted molar refractivity (Wildman–Crippen MR) is 96.5 cm³/mol. The molecule has 3 aromatic rings. The van der Waals surface area contributed by atoms with Crippen LogP contribution in [0.25, 0.3) is 0 Å². The number of aliphatic hydroxyl groups is 1. The summed E-state index contributed by atoms with van der Waals surface area (Å²) in [6.07, 6.45) is 3.40. The van der Waals surface area contributed by atoms with Crippen LogP contribution in [0.1, 0.15) is 29.2 Å². The second-order valence-corrected chi connectivity index (χ2v) is 6.15. The number of aryl methyl sites for hydroxylation is 1. The zero-order valence-electron chi connectivity index (χ0n) is 13.5. The Hall–Kier alpha value is -2.65. The monoisotopic (exact) mass is 316 g/mol. The lowest BCUT2D eigenvalue weighted by Gasteiger charge is -2.30. The van der Waals surface area contributed by atoms with Crippen LogP contribution >= 0.6 is 0 Å². The predicted octanol–water partition coefficient (Wildman–Crippen LogP) is 4.25. The van der Waals surface area contributed by atoms with Crippen molar-refractivity contribution in [2.75, 3.05) is 11.4 Å². The number of aromatic nitrogens is 1. The summed E-state index contributed by atoms with van der Waals surface area (Å²) in [7, 11) is 0. The Kier molecular flexibility index (Phi) is 4.01. The molecule has 3 heteroatoms. The minimum absolute atomic E-state index is 0.638. The summed E-state index contributed by atoms with van der Waals surface area (Å²) in [6, 6.07) is 22.2. The smallest absolute Gasteiger partial charge is 0.132 e. The van der Waals surface area contributed by atoms with Crippen molar-refractivity contribution >= 4 is 11.5 Å². The molecule has 1 aliphatic heterocycles. The number of para-hydroxylation sites is 1. The first kappa shape index (κ1) is 14.9. The number of hydrogen-bond acceptors (Lipinski definition) is 3. The molecule has 0 fully saturated rings. The van der Waals surface area contributed by atoms with Crippen molar-refractivity contribution in [3.8, 4) is 0 Å². The van der Waals surface area contributed by atoms with Crippen LogP contribution < -0.4 is 4.90 Å². The number of fused-ring (bicyclic) bond motifs is 1. The molecule has 1 atom stereocenters. The summed E-state index contributed by atoms with van der Waals surface area (Å²) in [5.74, 6) is 0.936. The van der Waals surface area contributed by atoms with Crippen molar-refractivity contribution in [1.82, 2.24) is 4.98 Å². The van der Waals surface area contributed by atoms with E-state index in [-0.39, 0.29) is 0 Å². The van der Waals surface area contributed by atoms with Gasteiger partial charge in [-0.25, -0.2) is 4.98 Å². The SMILES string of the molecule is O[C@H](c1ccccc1)c1ccc(N2CCCc3ccccc32)nc1. The van der Waals surface area contributed by atoms with Crippen molar-refractivity contribution in [3.63, 3.8) is 0 Å². The summed E-state index contributed by atoms with van der Waals surface area (Å²) in [6.45, 7) is 0.977. The number of benzene rings is 2. The van der Waals surface area contributed by atoms with Gasteiger partial charge >= 0.3 is 0 Å². The largest absolute Gasteiger partial charge is 0.384 e. The van der Waals surface area contributed by atoms with Gasteiger partial charge in [-0.2, -0.15) is 0 Å². The van der Waals surface area contributed by atoms with E-state index in [0.717, 1.165) is 36.3 Å². The third-order valence-electron chi connectivity index (χ3n) is 4.59. The number of rotatable bonds is 3. The molecule has 0 saturated heterocycles. The van der Waals surface area contributed by atoms with Gasteiger partial charge < -0.3 is 10.0 Å². The molecule has 120 valence electrons. The lowest BCUT2D eigenvalue weighted by atomic mass is 10.0. The molecule has 2 heterocycles. The molecule has 2 aromatic carbocycles. The molecule has 4 rings (SSSR count). The van der Waals surface area contributed by atoms with Crippen LogP contribution in [0.15, 0.2) is 72.9 Å². The van der Waals surface area contributed by atoms with Crippen molar-refractivity contribution in [2.45, 2.75) is 18.9 Å². The van der Waals surface area contributed by atoms with Crippen LogP contribution in [0.4, 0.5) is 11.5 Å². The zero-order chi connectivity index (χ0) is 16.4. The first-order valence-corrected chi connectivity index (χ1v) is 8.37. The average molecular weight is 316 g/mol. The van der Waals surface area contributed by atoms with E-state index in [1.54, 1.807) is 6.20 Å². The third kappa shape index (κ3) is 2.79. The second-order valence-electron chi connectivity index (χ2n) is 6.15. The van der Waals surface area contributed by atoms with Gasteiger partial charge in [0.2, 0.25) is 0 Å². The molecule has 0 spiro atoms. The zero-order valence-corrected chi connectivity index (χ0v) is 13.5. The molecule has 0 saturated carbocycles. The van der Waals surface area contributed by atoms with E-state index in [2.05, 4.69) is 34.1 Å². The molecule has 0 aliphatic carbocycles. The van der Waals surface area contributed by atoms with Crippen LogP contribution in [0.5, 0.6) is 0 Å². The molecule has 3 nitrogen and oxygen atoms in total.